The number of aromatic nitrogens is 2. The number of morpholine rings is 1. The molecule has 2 aliphatic heterocycles. The first-order valence-corrected chi connectivity index (χ1v) is 10.7. The van der Waals surface area contributed by atoms with E-state index in [1.54, 1.807) is 18.5 Å². The molecule has 2 aliphatic rings. The molecule has 8 heteroatoms. The molecule has 3 heterocycles. The van der Waals surface area contributed by atoms with E-state index in [9.17, 15) is 5.11 Å². The Hall–Kier alpha value is -2.87. The highest BCUT2D eigenvalue weighted by Gasteiger charge is 2.33. The van der Waals surface area contributed by atoms with Crippen LogP contribution in [0.5, 0.6) is 17.4 Å². The monoisotopic (exact) mass is 438 g/mol. The summed E-state index contributed by atoms with van der Waals surface area (Å²) in [4.78, 5) is 6.86. The Kier molecular flexibility index (Phi) is 5.40. The van der Waals surface area contributed by atoms with E-state index in [0.717, 1.165) is 44.0 Å². The van der Waals surface area contributed by atoms with E-state index in [1.165, 1.54) is 0 Å². The largest absolute Gasteiger partial charge is 0.508 e. The molecule has 0 unspecified atom stereocenters. The summed E-state index contributed by atoms with van der Waals surface area (Å²) in [6, 6.07) is 12.7. The lowest BCUT2D eigenvalue weighted by Crippen LogP contribution is -2.40. The molecule has 7 nitrogen and oxygen atoms in total. The average Bonchev–Trinajstić information content (AvgIpc) is 2.78. The molecule has 160 valence electrons. The van der Waals surface area contributed by atoms with Crippen LogP contribution in [0.1, 0.15) is 22.6 Å². The Labute approximate surface area is 185 Å². The lowest BCUT2D eigenvalue weighted by atomic mass is 9.84. The van der Waals surface area contributed by atoms with Gasteiger partial charge in [0.1, 0.15) is 23.3 Å². The number of rotatable bonds is 4. The molecule has 5 rings (SSSR count). The Morgan fingerprint density at radius 2 is 1.90 bits per heavy atom. The van der Waals surface area contributed by atoms with Crippen LogP contribution in [0.3, 0.4) is 0 Å². The third-order valence-corrected chi connectivity index (χ3v) is 6.21. The van der Waals surface area contributed by atoms with Gasteiger partial charge < -0.3 is 19.1 Å². The minimum Gasteiger partial charge on any atom is -0.508 e. The van der Waals surface area contributed by atoms with Gasteiger partial charge in [-0.05, 0) is 17.7 Å². The molecule has 1 fully saturated rings. The molecule has 0 aliphatic carbocycles. The molecule has 3 aromatic rings. The maximum absolute atomic E-state index is 9.96. The molecular weight excluding hydrogens is 416 g/mol. The minimum absolute atomic E-state index is 0.114. The first-order chi connectivity index (χ1) is 15.1. The van der Waals surface area contributed by atoms with Gasteiger partial charge in [-0.3, -0.25) is 10.3 Å². The van der Waals surface area contributed by atoms with Crippen LogP contribution < -0.4 is 10.2 Å². The highest BCUT2D eigenvalue weighted by atomic mass is 35.5. The fourth-order valence-electron chi connectivity index (χ4n) is 4.23. The van der Waals surface area contributed by atoms with Crippen LogP contribution in [0.25, 0.3) is 0 Å². The number of nitrogens with one attached hydrogen (secondary N) is 1. The zero-order valence-corrected chi connectivity index (χ0v) is 17.7. The van der Waals surface area contributed by atoms with Gasteiger partial charge in [-0.1, -0.05) is 35.9 Å². The van der Waals surface area contributed by atoms with E-state index in [-0.39, 0.29) is 11.7 Å². The third-order valence-electron chi connectivity index (χ3n) is 5.87. The van der Waals surface area contributed by atoms with E-state index >= 15 is 0 Å². The molecule has 1 saturated heterocycles. The lowest BCUT2D eigenvalue weighted by Gasteiger charge is -2.30. The van der Waals surface area contributed by atoms with Crippen LogP contribution in [-0.2, 0) is 11.3 Å². The number of phenolic OH excluding ortho intramolecular Hbond substituents is 1. The van der Waals surface area contributed by atoms with Gasteiger partial charge in [0.15, 0.2) is 0 Å². The normalized spacial score (nSPS) is 18.2. The lowest BCUT2D eigenvalue weighted by molar-refractivity contribution is 0.0362. The van der Waals surface area contributed by atoms with E-state index in [0.29, 0.717) is 34.2 Å². The fourth-order valence-corrected chi connectivity index (χ4v) is 4.48. The van der Waals surface area contributed by atoms with Crippen molar-refractivity contribution < 1.29 is 14.6 Å². The number of phenols is 1. The second kappa shape index (κ2) is 8.34. The topological polar surface area (TPSA) is 83.6 Å². The SMILES string of the molecule is N=c1c2c(ncn1CCN1CCOCC1)Oc1cc(O)ccc1[C@@H]2c1ccccc1Cl. The zero-order valence-electron chi connectivity index (χ0n) is 16.9. The predicted octanol–water partition coefficient (Wildman–Crippen LogP) is 3.34. The van der Waals surface area contributed by atoms with Crippen LogP contribution in [-0.4, -0.2) is 52.4 Å². The second-order valence-corrected chi connectivity index (χ2v) is 8.15. The van der Waals surface area contributed by atoms with Crippen LogP contribution in [0.2, 0.25) is 5.02 Å². The van der Waals surface area contributed by atoms with Crippen LogP contribution >= 0.6 is 11.6 Å². The van der Waals surface area contributed by atoms with Crippen molar-refractivity contribution in [3.05, 3.63) is 76.0 Å². The smallest absolute Gasteiger partial charge is 0.228 e. The average molecular weight is 439 g/mol. The highest BCUT2D eigenvalue weighted by Crippen LogP contribution is 2.47. The van der Waals surface area contributed by atoms with E-state index in [4.69, 9.17) is 26.5 Å². The molecule has 0 radical (unpaired) electrons. The van der Waals surface area contributed by atoms with Gasteiger partial charge >= 0.3 is 0 Å². The first-order valence-electron chi connectivity index (χ1n) is 10.3. The number of halogens is 1. The summed E-state index contributed by atoms with van der Waals surface area (Å²) in [5.41, 5.74) is 2.75. The maximum atomic E-state index is 9.96. The van der Waals surface area contributed by atoms with Crippen molar-refractivity contribution in [1.29, 1.82) is 5.41 Å². The van der Waals surface area contributed by atoms with Crippen molar-refractivity contribution >= 4 is 11.6 Å². The fraction of sp³-hybridized carbons (Fsp3) is 0.304. The van der Waals surface area contributed by atoms with Gasteiger partial charge in [0.2, 0.25) is 5.88 Å². The Morgan fingerprint density at radius 3 is 2.71 bits per heavy atom. The molecule has 0 bridgehead atoms. The van der Waals surface area contributed by atoms with Crippen LogP contribution in [0, 0.1) is 5.41 Å². The first kappa shape index (κ1) is 20.1. The van der Waals surface area contributed by atoms with Gasteiger partial charge in [0.05, 0.1) is 18.8 Å². The number of benzene rings is 2. The van der Waals surface area contributed by atoms with Gasteiger partial charge in [-0.15, -0.1) is 0 Å². The van der Waals surface area contributed by atoms with Crippen molar-refractivity contribution in [3.8, 4) is 17.4 Å². The van der Waals surface area contributed by atoms with Crippen molar-refractivity contribution in [2.45, 2.75) is 12.5 Å². The third kappa shape index (κ3) is 3.80. The minimum atomic E-state index is -0.316. The van der Waals surface area contributed by atoms with Gasteiger partial charge in [0.25, 0.3) is 0 Å². The molecule has 31 heavy (non-hydrogen) atoms. The van der Waals surface area contributed by atoms with E-state index < -0.39 is 0 Å². The van der Waals surface area contributed by atoms with E-state index in [1.807, 2.05) is 34.9 Å². The summed E-state index contributed by atoms with van der Waals surface area (Å²) in [5, 5.41) is 19.6. The van der Waals surface area contributed by atoms with Gasteiger partial charge in [-0.2, -0.15) is 0 Å². The number of nitrogens with zero attached hydrogens (tertiary/aromatic N) is 3. The van der Waals surface area contributed by atoms with Crippen molar-refractivity contribution in [1.82, 2.24) is 14.5 Å². The summed E-state index contributed by atoms with van der Waals surface area (Å²) < 4.78 is 13.3. The van der Waals surface area contributed by atoms with Crippen LogP contribution in [0.4, 0.5) is 0 Å². The summed E-state index contributed by atoms with van der Waals surface area (Å²) in [6.45, 7) is 4.75. The molecule has 1 atom stereocenters. The van der Waals surface area contributed by atoms with Crippen LogP contribution in [0.15, 0.2) is 48.8 Å². The van der Waals surface area contributed by atoms with Crippen molar-refractivity contribution in [2.75, 3.05) is 32.8 Å². The highest BCUT2D eigenvalue weighted by molar-refractivity contribution is 6.31. The Balaban J connectivity index is 1.58. The number of fused-ring (bicyclic) bond motifs is 2. The Bertz CT molecular complexity index is 1170. The number of aromatic hydroxyl groups is 1. The quantitative estimate of drug-likeness (QED) is 0.510. The maximum Gasteiger partial charge on any atom is 0.228 e. The van der Waals surface area contributed by atoms with Gasteiger partial charge in [0, 0.05) is 48.7 Å². The summed E-state index contributed by atoms with van der Waals surface area (Å²) in [5.74, 6) is 0.692. The molecule has 1 aromatic heterocycles. The van der Waals surface area contributed by atoms with Crippen molar-refractivity contribution in [2.24, 2.45) is 0 Å². The molecule has 0 amide bonds. The summed E-state index contributed by atoms with van der Waals surface area (Å²) in [7, 11) is 0. The molecule has 2 N–H and O–H groups in total. The molecule has 2 aromatic carbocycles. The number of hydrogen-bond donors (Lipinski definition) is 2. The van der Waals surface area contributed by atoms with E-state index in [2.05, 4.69) is 9.88 Å². The standard InChI is InChI=1S/C23H23ClN4O3/c24-18-4-2-1-3-16(18)20-17-6-5-15(29)13-19(17)31-23-21(20)22(25)28(14-26-23)8-7-27-9-11-30-12-10-27/h1-6,13-14,20,25,29H,7-12H2/t20-/m0/s1. The second-order valence-electron chi connectivity index (χ2n) is 7.74. The zero-order chi connectivity index (χ0) is 21.4. The molecule has 0 saturated carbocycles. The predicted molar refractivity (Wildman–Crippen MR) is 116 cm³/mol. The summed E-state index contributed by atoms with van der Waals surface area (Å²) in [6.07, 6.45) is 1.65. The molecular formula is C23H23ClN4O3. The number of ether oxygens (including phenoxy) is 2. The summed E-state index contributed by atoms with van der Waals surface area (Å²) >= 11 is 6.58. The van der Waals surface area contributed by atoms with Crippen molar-refractivity contribution in [3.63, 3.8) is 0 Å². The molecule has 0 spiro atoms. The van der Waals surface area contributed by atoms with Gasteiger partial charge in [-0.25, -0.2) is 4.98 Å². The number of hydrogen-bond acceptors (Lipinski definition) is 6. The Morgan fingerprint density at radius 1 is 1.10 bits per heavy atom.